The predicted octanol–water partition coefficient (Wildman–Crippen LogP) is 3.74. The van der Waals surface area contributed by atoms with Gasteiger partial charge in [0.2, 0.25) is 5.91 Å². The summed E-state index contributed by atoms with van der Waals surface area (Å²) >= 11 is 3.42. The highest BCUT2D eigenvalue weighted by Gasteiger charge is 2.45. The van der Waals surface area contributed by atoms with Crippen LogP contribution < -0.4 is 5.32 Å². The molecule has 2 aromatic rings. The largest absolute Gasteiger partial charge is 0.325 e. The van der Waals surface area contributed by atoms with E-state index in [9.17, 15) is 14.4 Å². The molecule has 5 nitrogen and oxygen atoms in total. The van der Waals surface area contributed by atoms with E-state index in [0.717, 1.165) is 34.2 Å². The molecule has 26 heavy (non-hydrogen) atoms. The standard InChI is InChI=1S/C20H17BrN2O3/c1-23-17(24)15-8-7-14(11-16(15)18(23)25)22-19(26)20(9-2-10-20)12-3-5-13(21)6-4-12/h3-8,11H,2,9-10H2,1H3,(H,22,26). The predicted molar refractivity (Wildman–Crippen MR) is 101 cm³/mol. The molecule has 0 saturated heterocycles. The highest BCUT2D eigenvalue weighted by atomic mass is 79.9. The molecule has 1 heterocycles. The van der Waals surface area contributed by atoms with Gasteiger partial charge >= 0.3 is 0 Å². The van der Waals surface area contributed by atoms with E-state index in [1.807, 2.05) is 24.3 Å². The van der Waals surface area contributed by atoms with E-state index in [-0.39, 0.29) is 17.7 Å². The van der Waals surface area contributed by atoms with Crippen LogP contribution in [0.4, 0.5) is 5.69 Å². The van der Waals surface area contributed by atoms with Crippen molar-refractivity contribution in [1.82, 2.24) is 4.90 Å². The Morgan fingerprint density at radius 2 is 1.69 bits per heavy atom. The van der Waals surface area contributed by atoms with Crippen molar-refractivity contribution in [2.45, 2.75) is 24.7 Å². The molecular formula is C20H17BrN2O3. The first kappa shape index (κ1) is 17.0. The van der Waals surface area contributed by atoms with Gasteiger partial charge in [-0.2, -0.15) is 0 Å². The lowest BCUT2D eigenvalue weighted by molar-refractivity contribution is -0.124. The van der Waals surface area contributed by atoms with Crippen LogP contribution in [0.3, 0.4) is 0 Å². The molecule has 1 aliphatic carbocycles. The number of nitrogens with zero attached hydrogens (tertiary/aromatic N) is 1. The maximum absolute atomic E-state index is 13.0. The van der Waals surface area contributed by atoms with Crippen molar-refractivity contribution in [3.63, 3.8) is 0 Å². The molecule has 2 aliphatic rings. The van der Waals surface area contributed by atoms with Crippen molar-refractivity contribution in [2.24, 2.45) is 0 Å². The van der Waals surface area contributed by atoms with Gasteiger partial charge in [-0.15, -0.1) is 0 Å². The lowest BCUT2D eigenvalue weighted by Crippen LogP contribution is -2.46. The van der Waals surface area contributed by atoms with Gasteiger partial charge in [-0.3, -0.25) is 19.3 Å². The number of carbonyl (C=O) groups is 3. The average Bonchev–Trinajstić information content (AvgIpc) is 2.80. The van der Waals surface area contributed by atoms with Crippen LogP contribution in [-0.4, -0.2) is 29.7 Å². The molecule has 0 aromatic heterocycles. The molecule has 2 aromatic carbocycles. The van der Waals surface area contributed by atoms with Crippen LogP contribution in [0.25, 0.3) is 0 Å². The average molecular weight is 413 g/mol. The summed E-state index contributed by atoms with van der Waals surface area (Å²) in [6, 6.07) is 12.7. The first-order chi connectivity index (χ1) is 12.4. The van der Waals surface area contributed by atoms with Gasteiger partial charge in [-0.25, -0.2) is 0 Å². The minimum absolute atomic E-state index is 0.0730. The Hall–Kier alpha value is -2.47. The van der Waals surface area contributed by atoms with Crippen molar-refractivity contribution in [1.29, 1.82) is 0 Å². The molecule has 0 unspecified atom stereocenters. The third-order valence-corrected chi connectivity index (χ3v) is 5.91. The van der Waals surface area contributed by atoms with Gasteiger partial charge in [0.15, 0.2) is 0 Å². The molecule has 0 bridgehead atoms. The number of amides is 3. The van der Waals surface area contributed by atoms with Gasteiger partial charge < -0.3 is 5.32 Å². The highest BCUT2D eigenvalue weighted by molar-refractivity contribution is 9.10. The lowest BCUT2D eigenvalue weighted by atomic mass is 9.64. The lowest BCUT2D eigenvalue weighted by Gasteiger charge is -2.40. The molecule has 0 radical (unpaired) electrons. The quantitative estimate of drug-likeness (QED) is 0.780. The molecule has 1 fully saturated rings. The van der Waals surface area contributed by atoms with E-state index >= 15 is 0 Å². The van der Waals surface area contributed by atoms with Crippen LogP contribution in [0.2, 0.25) is 0 Å². The fraction of sp³-hybridized carbons (Fsp3) is 0.250. The summed E-state index contributed by atoms with van der Waals surface area (Å²) < 4.78 is 0.974. The van der Waals surface area contributed by atoms with Crippen molar-refractivity contribution >= 4 is 39.3 Å². The van der Waals surface area contributed by atoms with Gasteiger partial charge in [0.1, 0.15) is 0 Å². The zero-order valence-corrected chi connectivity index (χ0v) is 15.8. The SMILES string of the molecule is CN1C(=O)c2ccc(NC(=O)C3(c4ccc(Br)cc4)CCC3)cc2C1=O. The van der Waals surface area contributed by atoms with Crippen LogP contribution in [-0.2, 0) is 10.2 Å². The Bertz CT molecular complexity index is 933. The van der Waals surface area contributed by atoms with Gasteiger partial charge in [0.05, 0.1) is 16.5 Å². The normalized spacial score (nSPS) is 17.7. The number of imide groups is 1. The number of carbonyl (C=O) groups excluding carboxylic acids is 3. The first-order valence-electron chi connectivity index (χ1n) is 8.46. The van der Waals surface area contributed by atoms with Gasteiger partial charge in [0, 0.05) is 17.2 Å². The maximum Gasteiger partial charge on any atom is 0.261 e. The van der Waals surface area contributed by atoms with Gasteiger partial charge in [0.25, 0.3) is 11.8 Å². The summed E-state index contributed by atoms with van der Waals surface area (Å²) in [6.45, 7) is 0. The Kier molecular flexibility index (Phi) is 3.95. The minimum atomic E-state index is -0.531. The Balaban J connectivity index is 1.61. The first-order valence-corrected chi connectivity index (χ1v) is 9.26. The Morgan fingerprint density at radius 3 is 2.31 bits per heavy atom. The van der Waals surface area contributed by atoms with Crippen LogP contribution in [0, 0.1) is 0 Å². The summed E-state index contributed by atoms with van der Waals surface area (Å²) in [5.74, 6) is -0.725. The molecule has 6 heteroatoms. The minimum Gasteiger partial charge on any atom is -0.325 e. The molecule has 1 N–H and O–H groups in total. The molecule has 4 rings (SSSR count). The number of anilines is 1. The molecule has 1 aliphatic heterocycles. The summed E-state index contributed by atoms with van der Waals surface area (Å²) in [5, 5.41) is 2.95. The fourth-order valence-corrected chi connectivity index (χ4v) is 3.90. The molecular weight excluding hydrogens is 396 g/mol. The van der Waals surface area contributed by atoms with Gasteiger partial charge in [-0.1, -0.05) is 34.5 Å². The molecule has 3 amide bonds. The van der Waals surface area contributed by atoms with Crippen molar-refractivity contribution in [3.8, 4) is 0 Å². The molecule has 132 valence electrons. The molecule has 0 atom stereocenters. The van der Waals surface area contributed by atoms with Crippen molar-refractivity contribution < 1.29 is 14.4 Å². The molecule has 0 spiro atoms. The smallest absolute Gasteiger partial charge is 0.261 e. The molecule has 1 saturated carbocycles. The second-order valence-electron chi connectivity index (χ2n) is 6.83. The summed E-state index contributed by atoms with van der Waals surface area (Å²) in [6.07, 6.45) is 2.60. The van der Waals surface area contributed by atoms with Crippen LogP contribution >= 0.6 is 15.9 Å². The van der Waals surface area contributed by atoms with Gasteiger partial charge in [-0.05, 0) is 48.7 Å². The maximum atomic E-state index is 13.0. The van der Waals surface area contributed by atoms with E-state index in [0.29, 0.717) is 16.8 Å². The number of rotatable bonds is 3. The van der Waals surface area contributed by atoms with E-state index in [1.54, 1.807) is 18.2 Å². The van der Waals surface area contributed by atoms with Crippen LogP contribution in [0.1, 0.15) is 45.5 Å². The highest BCUT2D eigenvalue weighted by Crippen LogP contribution is 2.45. The Labute approximate surface area is 159 Å². The summed E-state index contributed by atoms with van der Waals surface area (Å²) in [4.78, 5) is 38.2. The number of hydrogen-bond donors (Lipinski definition) is 1. The van der Waals surface area contributed by atoms with E-state index in [4.69, 9.17) is 0 Å². The number of hydrogen-bond acceptors (Lipinski definition) is 3. The number of nitrogens with one attached hydrogen (secondary N) is 1. The second kappa shape index (κ2) is 6.06. The van der Waals surface area contributed by atoms with E-state index in [2.05, 4.69) is 21.2 Å². The van der Waals surface area contributed by atoms with Crippen molar-refractivity contribution in [2.75, 3.05) is 12.4 Å². The summed E-state index contributed by atoms with van der Waals surface area (Å²) in [5.41, 5.74) is 1.71. The van der Waals surface area contributed by atoms with E-state index in [1.165, 1.54) is 7.05 Å². The number of fused-ring (bicyclic) bond motifs is 1. The zero-order chi connectivity index (χ0) is 18.5. The zero-order valence-electron chi connectivity index (χ0n) is 14.2. The Morgan fingerprint density at radius 1 is 1.04 bits per heavy atom. The number of benzene rings is 2. The van der Waals surface area contributed by atoms with Crippen LogP contribution in [0.15, 0.2) is 46.9 Å². The monoisotopic (exact) mass is 412 g/mol. The number of halogens is 1. The van der Waals surface area contributed by atoms with Crippen molar-refractivity contribution in [3.05, 3.63) is 63.6 Å². The van der Waals surface area contributed by atoms with Crippen LogP contribution in [0.5, 0.6) is 0 Å². The van der Waals surface area contributed by atoms with E-state index < -0.39 is 5.41 Å². The summed E-state index contributed by atoms with van der Waals surface area (Å²) in [7, 11) is 1.46. The topological polar surface area (TPSA) is 66.5 Å². The second-order valence-corrected chi connectivity index (χ2v) is 7.74. The fourth-order valence-electron chi connectivity index (χ4n) is 3.64. The third kappa shape index (κ3) is 2.48. The third-order valence-electron chi connectivity index (χ3n) is 5.39.